The van der Waals surface area contributed by atoms with E-state index in [1.54, 1.807) is 11.1 Å². The van der Waals surface area contributed by atoms with E-state index in [1.807, 2.05) is 0 Å². The van der Waals surface area contributed by atoms with Crippen molar-refractivity contribution in [2.75, 3.05) is 0 Å². The number of aryl methyl sites for hydroxylation is 2. The average molecular weight is 698 g/mol. The van der Waals surface area contributed by atoms with Gasteiger partial charge in [-0.05, 0) is 43.9 Å². The molecule has 0 aromatic heterocycles. The van der Waals surface area contributed by atoms with E-state index in [1.165, 1.54) is 76.9 Å². The van der Waals surface area contributed by atoms with Crippen LogP contribution in [0.5, 0.6) is 0 Å². The van der Waals surface area contributed by atoms with Crippen LogP contribution in [0.1, 0.15) is 82.6 Å². The van der Waals surface area contributed by atoms with Crippen molar-refractivity contribution in [1.82, 2.24) is 0 Å². The van der Waals surface area contributed by atoms with Crippen molar-refractivity contribution in [2.45, 2.75) is 73.1 Å². The second-order valence-electron chi connectivity index (χ2n) is 11.4. The summed E-state index contributed by atoms with van der Waals surface area (Å²) in [5.74, 6) is 0. The van der Waals surface area contributed by atoms with Crippen molar-refractivity contribution in [2.24, 2.45) is 5.41 Å². The van der Waals surface area contributed by atoms with Gasteiger partial charge in [-0.2, -0.15) is 0 Å². The fourth-order valence-electron chi connectivity index (χ4n) is 7.02. The van der Waals surface area contributed by atoms with E-state index >= 15 is 0 Å². The predicted octanol–water partition coefficient (Wildman–Crippen LogP) is 2.78. The van der Waals surface area contributed by atoms with E-state index in [-0.39, 0.29) is 30.2 Å². The summed E-state index contributed by atoms with van der Waals surface area (Å²) in [5.41, 5.74) is 13.2. The molecule has 0 bridgehead atoms. The first-order chi connectivity index (χ1) is 20.5. The molecule has 3 heteroatoms. The number of fused-ring (bicyclic) bond motifs is 2. The van der Waals surface area contributed by atoms with Gasteiger partial charge in [0.25, 0.3) is 0 Å². The molecular weight excluding hydrogens is 655 g/mol. The van der Waals surface area contributed by atoms with Crippen molar-refractivity contribution >= 4 is 14.9 Å². The van der Waals surface area contributed by atoms with Crippen LogP contribution in [0.3, 0.4) is 0 Å². The Balaban J connectivity index is 0.000000280. The molecule has 3 aromatic carbocycles. The molecule has 0 heterocycles. The van der Waals surface area contributed by atoms with Gasteiger partial charge in [0.05, 0.1) is 0 Å². The molecule has 0 amide bonds. The van der Waals surface area contributed by atoms with Gasteiger partial charge in [0.15, 0.2) is 0 Å². The minimum atomic E-state index is 0. The van der Waals surface area contributed by atoms with Crippen molar-refractivity contribution < 1.29 is 49.0 Å². The molecule has 3 aliphatic carbocycles. The Kier molecular flexibility index (Phi) is 13.4. The molecule has 0 N–H and O–H groups in total. The SMILES string of the molecule is CCC1=CC2=c3c(CC)cc(CC)cc3=[C-]C2=C(C2=CC=CC2)C1(CC)CC.[Cl-].[Cl-].[Zr+2]=[C](c1ccccc1)c1ccccc1. The van der Waals surface area contributed by atoms with Gasteiger partial charge in [-0.25, -0.2) is 0 Å². The van der Waals surface area contributed by atoms with E-state index in [0.29, 0.717) is 0 Å². The summed E-state index contributed by atoms with van der Waals surface area (Å²) >= 11 is 1.46. The predicted molar refractivity (Wildman–Crippen MR) is 178 cm³/mol. The molecule has 0 saturated carbocycles. The monoisotopic (exact) mass is 695 g/mol. The van der Waals surface area contributed by atoms with Crippen LogP contribution in [-0.2, 0) is 37.1 Å². The van der Waals surface area contributed by atoms with Crippen molar-refractivity contribution in [3.05, 3.63) is 152 Å². The Bertz CT molecular complexity index is 1670. The summed E-state index contributed by atoms with van der Waals surface area (Å²) < 4.78 is 1.42. The number of hydrogen-bond acceptors (Lipinski definition) is 0. The van der Waals surface area contributed by atoms with Gasteiger partial charge in [0.2, 0.25) is 0 Å². The molecule has 0 aliphatic heterocycles. The van der Waals surface area contributed by atoms with Crippen molar-refractivity contribution in [1.29, 1.82) is 0 Å². The van der Waals surface area contributed by atoms with E-state index in [9.17, 15) is 0 Å². The molecule has 0 saturated heterocycles. The van der Waals surface area contributed by atoms with Crippen LogP contribution in [0, 0.1) is 5.41 Å². The van der Waals surface area contributed by atoms with Gasteiger partial charge in [-0.3, -0.25) is 0 Å². The topological polar surface area (TPSA) is 0 Å². The third-order valence-electron chi connectivity index (χ3n) is 9.33. The van der Waals surface area contributed by atoms with Gasteiger partial charge in [0, 0.05) is 0 Å². The molecule has 0 nitrogen and oxygen atoms in total. The molecule has 226 valence electrons. The Morgan fingerprint density at radius 2 is 1.41 bits per heavy atom. The maximum absolute atomic E-state index is 3.91. The minimum absolute atomic E-state index is 0. The summed E-state index contributed by atoms with van der Waals surface area (Å²) in [5, 5.41) is 2.77. The molecule has 0 unspecified atom stereocenters. The third kappa shape index (κ3) is 6.92. The van der Waals surface area contributed by atoms with Crippen LogP contribution in [0.2, 0.25) is 0 Å². The fraction of sp³-hybridized carbons (Fsp3) is 0.293. The van der Waals surface area contributed by atoms with Gasteiger partial charge < -0.3 is 24.8 Å². The van der Waals surface area contributed by atoms with E-state index in [2.05, 4.69) is 138 Å². The zero-order valence-electron chi connectivity index (χ0n) is 26.7. The summed E-state index contributed by atoms with van der Waals surface area (Å²) in [7, 11) is 0. The summed E-state index contributed by atoms with van der Waals surface area (Å²) in [6.45, 7) is 11.6. The standard InChI is InChI=1S/C28H33.C13H10.2ClH.Zr/c1-6-19-15-20(7-2)26-22(16-19)17-25-24(26)18-23(8-3)28(9-4,10-5)27(25)21-13-11-12-14-21;1-3-7-12(8-4-1)11-13-9-5-2-6-10-13;;;/h11-13,15-16,18H,6-10,14H2,1-5H3;1-10H;2*1H;/q-1;;;;+2/p-2. The Morgan fingerprint density at radius 3 is 1.89 bits per heavy atom. The molecule has 0 spiro atoms. The second kappa shape index (κ2) is 16.3. The quantitative estimate of drug-likeness (QED) is 0.318. The number of halogens is 2. The summed E-state index contributed by atoms with van der Waals surface area (Å²) in [6, 6.07) is 25.9. The maximum atomic E-state index is 3.91. The molecule has 0 atom stereocenters. The van der Waals surface area contributed by atoms with Crippen LogP contribution < -0.4 is 35.3 Å². The first-order valence-corrected chi connectivity index (χ1v) is 17.1. The number of rotatable bonds is 8. The van der Waals surface area contributed by atoms with Gasteiger partial charge >= 0.3 is 99.2 Å². The van der Waals surface area contributed by atoms with Gasteiger partial charge in [-0.1, -0.05) is 92.8 Å². The van der Waals surface area contributed by atoms with Crippen LogP contribution in [0.25, 0.3) is 11.6 Å². The van der Waals surface area contributed by atoms with E-state index in [0.717, 1.165) is 38.5 Å². The van der Waals surface area contributed by atoms with Crippen molar-refractivity contribution in [3.8, 4) is 0 Å². The van der Waals surface area contributed by atoms with Crippen LogP contribution in [0.4, 0.5) is 0 Å². The first kappa shape index (κ1) is 36.2. The number of hydrogen-bond donors (Lipinski definition) is 0. The molecule has 0 radical (unpaired) electrons. The van der Waals surface area contributed by atoms with Gasteiger partial charge in [0.1, 0.15) is 0 Å². The molecule has 6 rings (SSSR count). The molecule has 3 aliphatic rings. The van der Waals surface area contributed by atoms with Crippen LogP contribution >= 0.6 is 0 Å². The van der Waals surface area contributed by atoms with Crippen LogP contribution in [-0.4, -0.2) is 3.21 Å². The molecular formula is C41H43Cl2Zr-. The molecule has 44 heavy (non-hydrogen) atoms. The van der Waals surface area contributed by atoms with E-state index in [4.69, 9.17) is 0 Å². The fourth-order valence-corrected chi connectivity index (χ4v) is 7.84. The number of benzene rings is 3. The molecule has 3 aromatic rings. The van der Waals surface area contributed by atoms with Gasteiger partial charge in [-0.15, -0.1) is 33.7 Å². The Morgan fingerprint density at radius 1 is 0.795 bits per heavy atom. The van der Waals surface area contributed by atoms with Crippen molar-refractivity contribution in [3.63, 3.8) is 0 Å². The van der Waals surface area contributed by atoms with Crippen LogP contribution in [0.15, 0.2) is 119 Å². The zero-order valence-corrected chi connectivity index (χ0v) is 30.7. The normalized spacial score (nSPS) is 15.5. The summed E-state index contributed by atoms with van der Waals surface area (Å²) in [6.07, 6.45) is 20.0. The zero-order chi connectivity index (χ0) is 29.7. The Labute approximate surface area is 292 Å². The second-order valence-corrected chi connectivity index (χ2v) is 12.6. The van der Waals surface area contributed by atoms with E-state index < -0.39 is 0 Å². The molecule has 0 fully saturated rings. The first-order valence-electron chi connectivity index (χ1n) is 15.8. The third-order valence-corrected chi connectivity index (χ3v) is 10.8. The summed E-state index contributed by atoms with van der Waals surface area (Å²) in [4.78, 5) is 0. The Hall–Kier alpha value is -2.31. The number of allylic oxidation sites excluding steroid dienone is 8. The average Bonchev–Trinajstić information content (AvgIpc) is 3.72.